The Morgan fingerprint density at radius 1 is 1.60 bits per heavy atom. The highest BCUT2D eigenvalue weighted by atomic mass is 79.9. The van der Waals surface area contributed by atoms with Crippen LogP contribution in [0.1, 0.15) is 0 Å². The van der Waals surface area contributed by atoms with Gasteiger partial charge in [0.05, 0.1) is 13.7 Å². The Balaban J connectivity index is 3.12. The molecule has 1 heterocycles. The van der Waals surface area contributed by atoms with Gasteiger partial charge in [-0.15, -0.1) is 0 Å². The first-order valence-electron chi connectivity index (χ1n) is 3.86. The third-order valence-electron chi connectivity index (χ3n) is 1.74. The van der Waals surface area contributed by atoms with Crippen molar-refractivity contribution in [2.45, 2.75) is 10.5 Å². The van der Waals surface area contributed by atoms with Gasteiger partial charge in [0, 0.05) is 0 Å². The lowest BCUT2D eigenvalue weighted by Crippen LogP contribution is -2.53. The van der Waals surface area contributed by atoms with Gasteiger partial charge in [-0.3, -0.25) is 4.99 Å². The normalized spacial score (nSPS) is 20.2. The Bertz CT molecular complexity index is 304. The maximum Gasteiger partial charge on any atom is 0.423 e. The second-order valence-corrected chi connectivity index (χ2v) is 3.87. The molecule has 0 aromatic rings. The Hall–Kier alpha value is -0.790. The maximum atomic E-state index is 12.7. The molecule has 0 saturated heterocycles. The standard InChI is InChI=1S/C7H7BrF3NO3/c1-14-5(13)6(8,7(9,10)11)4-12-2-3-15-4/h2-3H2,1H3. The first-order valence-corrected chi connectivity index (χ1v) is 4.65. The van der Waals surface area contributed by atoms with Crippen molar-refractivity contribution in [2.24, 2.45) is 4.99 Å². The summed E-state index contributed by atoms with van der Waals surface area (Å²) in [5, 5.41) is 0. The molecule has 0 aromatic heterocycles. The Morgan fingerprint density at radius 2 is 2.20 bits per heavy atom. The summed E-state index contributed by atoms with van der Waals surface area (Å²) in [5.41, 5.74) is 0. The lowest BCUT2D eigenvalue weighted by molar-refractivity contribution is -0.174. The Labute approximate surface area is 91.6 Å². The molecule has 0 amide bonds. The first-order chi connectivity index (χ1) is 6.84. The molecule has 1 unspecified atom stereocenters. The summed E-state index contributed by atoms with van der Waals surface area (Å²) in [6.07, 6.45) is -4.87. The second-order valence-electron chi connectivity index (χ2n) is 2.68. The molecule has 0 N–H and O–H groups in total. The van der Waals surface area contributed by atoms with Crippen LogP contribution in [0.15, 0.2) is 4.99 Å². The molecule has 4 nitrogen and oxygen atoms in total. The van der Waals surface area contributed by atoms with E-state index in [0.29, 0.717) is 0 Å². The lowest BCUT2D eigenvalue weighted by atomic mass is 10.1. The van der Waals surface area contributed by atoms with Gasteiger partial charge >= 0.3 is 12.1 Å². The minimum Gasteiger partial charge on any atom is -0.477 e. The van der Waals surface area contributed by atoms with E-state index in [2.05, 4.69) is 30.4 Å². The maximum absolute atomic E-state index is 12.7. The smallest absolute Gasteiger partial charge is 0.423 e. The molecule has 15 heavy (non-hydrogen) atoms. The van der Waals surface area contributed by atoms with E-state index >= 15 is 0 Å². The third kappa shape index (κ3) is 1.95. The van der Waals surface area contributed by atoms with E-state index < -0.39 is 22.4 Å². The zero-order valence-corrected chi connectivity index (χ0v) is 9.18. The zero-order valence-electron chi connectivity index (χ0n) is 7.60. The number of halogens is 4. The van der Waals surface area contributed by atoms with Gasteiger partial charge in [-0.2, -0.15) is 13.2 Å². The molecule has 8 heteroatoms. The molecule has 1 aliphatic heterocycles. The monoisotopic (exact) mass is 289 g/mol. The van der Waals surface area contributed by atoms with E-state index in [-0.39, 0.29) is 13.2 Å². The minimum absolute atomic E-state index is 0.0236. The summed E-state index contributed by atoms with van der Waals surface area (Å²) in [7, 11) is 0.861. The molecular formula is C7H7BrF3NO3. The minimum atomic E-state index is -4.87. The van der Waals surface area contributed by atoms with Crippen LogP contribution in [0.2, 0.25) is 0 Å². The van der Waals surface area contributed by atoms with E-state index in [1.54, 1.807) is 0 Å². The molecule has 0 radical (unpaired) electrons. The third-order valence-corrected chi connectivity index (χ3v) is 2.85. The fourth-order valence-corrected chi connectivity index (χ4v) is 1.41. The lowest BCUT2D eigenvalue weighted by Gasteiger charge is -2.26. The zero-order chi connectivity index (χ0) is 11.7. The van der Waals surface area contributed by atoms with Crippen molar-refractivity contribution in [3.63, 3.8) is 0 Å². The number of hydrogen-bond acceptors (Lipinski definition) is 4. The predicted molar refractivity (Wildman–Crippen MR) is 48.0 cm³/mol. The second kappa shape index (κ2) is 3.99. The van der Waals surface area contributed by atoms with E-state index in [1.165, 1.54) is 0 Å². The van der Waals surface area contributed by atoms with Crippen molar-refractivity contribution < 1.29 is 27.4 Å². The van der Waals surface area contributed by atoms with Crippen LogP contribution in [0.3, 0.4) is 0 Å². The summed E-state index contributed by atoms with van der Waals surface area (Å²) in [4.78, 5) is 14.6. The fraction of sp³-hybridized carbons (Fsp3) is 0.714. The summed E-state index contributed by atoms with van der Waals surface area (Å²) in [6, 6.07) is 0. The van der Waals surface area contributed by atoms with Crippen molar-refractivity contribution >= 4 is 27.8 Å². The van der Waals surface area contributed by atoms with Gasteiger partial charge in [-0.25, -0.2) is 4.79 Å². The highest BCUT2D eigenvalue weighted by molar-refractivity contribution is 9.10. The SMILES string of the molecule is COC(=O)C(Br)(C1=NCCO1)C(F)(F)F. The van der Waals surface area contributed by atoms with E-state index in [0.717, 1.165) is 7.11 Å². The summed E-state index contributed by atoms with van der Waals surface area (Å²) < 4.78 is 43.8. The van der Waals surface area contributed by atoms with Crippen LogP contribution in [-0.2, 0) is 14.3 Å². The van der Waals surface area contributed by atoms with E-state index in [1.807, 2.05) is 0 Å². The van der Waals surface area contributed by atoms with Crippen molar-refractivity contribution in [2.75, 3.05) is 20.3 Å². The van der Waals surface area contributed by atoms with Crippen molar-refractivity contribution in [3.8, 4) is 0 Å². The van der Waals surface area contributed by atoms with Crippen molar-refractivity contribution in [3.05, 3.63) is 0 Å². The van der Waals surface area contributed by atoms with Crippen LogP contribution in [0.5, 0.6) is 0 Å². The van der Waals surface area contributed by atoms with Crippen molar-refractivity contribution in [1.29, 1.82) is 0 Å². The van der Waals surface area contributed by atoms with Gasteiger partial charge in [-0.1, -0.05) is 15.9 Å². The molecule has 0 aliphatic carbocycles. The first kappa shape index (κ1) is 12.3. The van der Waals surface area contributed by atoms with E-state index in [4.69, 9.17) is 0 Å². The number of methoxy groups -OCH3 is 1. The van der Waals surface area contributed by atoms with Gasteiger partial charge in [0.25, 0.3) is 4.32 Å². The molecule has 0 bridgehead atoms. The Morgan fingerprint density at radius 3 is 2.53 bits per heavy atom. The number of aliphatic imine (C=N–C) groups is 1. The topological polar surface area (TPSA) is 47.9 Å². The van der Waals surface area contributed by atoms with Crippen molar-refractivity contribution in [1.82, 2.24) is 0 Å². The average molecular weight is 290 g/mol. The number of nitrogens with zero attached hydrogens (tertiary/aromatic N) is 1. The number of ether oxygens (including phenoxy) is 2. The molecule has 1 atom stereocenters. The highest BCUT2D eigenvalue weighted by Crippen LogP contribution is 2.41. The van der Waals surface area contributed by atoms with Crippen LogP contribution in [0.4, 0.5) is 13.2 Å². The fourth-order valence-electron chi connectivity index (χ4n) is 1.01. The van der Waals surface area contributed by atoms with Crippen LogP contribution in [0.25, 0.3) is 0 Å². The molecule has 1 rings (SSSR count). The van der Waals surface area contributed by atoms with Crippen LogP contribution in [-0.4, -0.2) is 42.6 Å². The van der Waals surface area contributed by atoms with Crippen LogP contribution >= 0.6 is 15.9 Å². The molecule has 1 aliphatic rings. The molecule has 0 spiro atoms. The Kier molecular flexibility index (Phi) is 3.27. The molecular weight excluding hydrogens is 283 g/mol. The molecule has 0 saturated carbocycles. The van der Waals surface area contributed by atoms with Gasteiger partial charge in [-0.05, 0) is 0 Å². The molecule has 0 aromatic carbocycles. The number of rotatable bonds is 2. The predicted octanol–water partition coefficient (Wildman–Crippen LogP) is 1.28. The van der Waals surface area contributed by atoms with Gasteiger partial charge in [0.1, 0.15) is 6.61 Å². The quantitative estimate of drug-likeness (QED) is 0.568. The largest absolute Gasteiger partial charge is 0.477 e. The van der Waals surface area contributed by atoms with Gasteiger partial charge < -0.3 is 9.47 Å². The van der Waals surface area contributed by atoms with Gasteiger partial charge in [0.2, 0.25) is 5.90 Å². The van der Waals surface area contributed by atoms with Crippen LogP contribution in [0, 0.1) is 0 Å². The number of carbonyl (C=O) groups excluding carboxylic acids is 1. The highest BCUT2D eigenvalue weighted by Gasteiger charge is 2.65. The summed E-state index contributed by atoms with van der Waals surface area (Å²) in [6.45, 7) is 0.117. The van der Waals surface area contributed by atoms with Crippen LogP contribution < -0.4 is 0 Å². The van der Waals surface area contributed by atoms with Gasteiger partial charge in [0.15, 0.2) is 0 Å². The summed E-state index contributed by atoms with van der Waals surface area (Å²) in [5.74, 6) is -2.21. The molecule has 0 fully saturated rings. The van der Waals surface area contributed by atoms with E-state index in [9.17, 15) is 18.0 Å². The number of alkyl halides is 4. The number of carbonyl (C=O) groups is 1. The average Bonchev–Trinajstić information content (AvgIpc) is 2.66. The molecule has 86 valence electrons. The number of esters is 1. The summed E-state index contributed by atoms with van der Waals surface area (Å²) >= 11 is 2.30. The number of hydrogen-bond donors (Lipinski definition) is 0.